The van der Waals surface area contributed by atoms with Gasteiger partial charge in [-0.05, 0) is 6.08 Å². The lowest BCUT2D eigenvalue weighted by atomic mass is 10.1. The van der Waals surface area contributed by atoms with Crippen molar-refractivity contribution >= 4 is 24.0 Å². The lowest BCUT2D eigenvalue weighted by Crippen LogP contribution is -2.40. The number of allylic oxidation sites excluding steroid dienone is 1. The van der Waals surface area contributed by atoms with Crippen LogP contribution in [0.25, 0.3) is 6.08 Å². The monoisotopic (exact) mass is 426 g/mol. The van der Waals surface area contributed by atoms with Gasteiger partial charge in [0.2, 0.25) is 6.23 Å². The fraction of sp³-hybridized carbons (Fsp3) is 0.389. The first-order chi connectivity index (χ1) is 14.1. The molecule has 30 heavy (non-hydrogen) atoms. The third-order valence-corrected chi connectivity index (χ3v) is 3.81. The van der Waals surface area contributed by atoms with Gasteiger partial charge in [-0.3, -0.25) is 23.9 Å². The number of carbonyl (C=O) groups is 3. The van der Waals surface area contributed by atoms with Gasteiger partial charge in [-0.1, -0.05) is 0 Å². The predicted molar refractivity (Wildman–Crippen MR) is 97.4 cm³/mol. The maximum atomic E-state index is 14.8. The summed E-state index contributed by atoms with van der Waals surface area (Å²) in [5.41, 5.74) is -1.95. The molecular weight excluding hydrogens is 407 g/mol. The molecule has 0 aromatic carbocycles. The van der Waals surface area contributed by atoms with Crippen LogP contribution in [0.5, 0.6) is 0 Å². The lowest BCUT2D eigenvalue weighted by Gasteiger charge is -2.31. The van der Waals surface area contributed by atoms with Crippen molar-refractivity contribution in [3.63, 3.8) is 0 Å². The molecule has 1 aromatic rings. The molecule has 0 amide bonds. The van der Waals surface area contributed by atoms with Crippen molar-refractivity contribution in [1.29, 1.82) is 0 Å². The minimum atomic E-state index is -1.86. The number of halogens is 1. The van der Waals surface area contributed by atoms with E-state index < -0.39 is 54.6 Å². The van der Waals surface area contributed by atoms with Crippen LogP contribution in [0, 0.1) is 0 Å². The summed E-state index contributed by atoms with van der Waals surface area (Å²) < 4.78 is 35.2. The Labute approximate surface area is 168 Å². The van der Waals surface area contributed by atoms with E-state index in [0.29, 0.717) is 0 Å². The average Bonchev–Trinajstić information content (AvgIpc) is 2.66. The maximum Gasteiger partial charge on any atom is 0.331 e. The Morgan fingerprint density at radius 3 is 2.60 bits per heavy atom. The third-order valence-electron chi connectivity index (χ3n) is 3.81. The molecule has 0 bridgehead atoms. The standard InChI is InChI=1S/C18H19FN2O9/c1-9(22)28-8-14-13(29-10(2)23)6-12(19)17(30-14)21-7-11(4-5-15(24)27-3)16(25)20-18(21)26/h4-5,7,12,17H,6,8H2,1-3H3,(H,20,25,26)/b5-4+/t12?,17-/m1/s1. The number of alkyl halides is 1. The molecule has 1 aromatic heterocycles. The Balaban J connectivity index is 2.44. The Hall–Kier alpha value is -3.70. The van der Waals surface area contributed by atoms with E-state index in [1.165, 1.54) is 0 Å². The van der Waals surface area contributed by atoms with Gasteiger partial charge in [-0.15, -0.1) is 0 Å². The highest BCUT2D eigenvalue weighted by molar-refractivity contribution is 5.86. The summed E-state index contributed by atoms with van der Waals surface area (Å²) in [6.45, 7) is 1.77. The number of carbonyl (C=O) groups excluding carboxylic acids is 3. The number of aromatic amines is 1. The Morgan fingerprint density at radius 1 is 1.30 bits per heavy atom. The van der Waals surface area contributed by atoms with E-state index >= 15 is 0 Å². The number of aromatic nitrogens is 2. The largest absolute Gasteiger partial charge is 0.466 e. The van der Waals surface area contributed by atoms with E-state index in [-0.39, 0.29) is 17.1 Å². The average molecular weight is 426 g/mol. The van der Waals surface area contributed by atoms with E-state index in [1.54, 1.807) is 0 Å². The van der Waals surface area contributed by atoms with Crippen molar-refractivity contribution < 1.29 is 37.7 Å². The van der Waals surface area contributed by atoms with Crippen LogP contribution >= 0.6 is 0 Å². The van der Waals surface area contributed by atoms with Crippen LogP contribution in [0.2, 0.25) is 0 Å². The summed E-state index contributed by atoms with van der Waals surface area (Å²) in [6.07, 6.45) is -0.862. The number of rotatable bonds is 6. The Morgan fingerprint density at radius 2 is 2.00 bits per heavy atom. The summed E-state index contributed by atoms with van der Waals surface area (Å²) in [6, 6.07) is 0. The highest BCUT2D eigenvalue weighted by Gasteiger charge is 2.36. The molecule has 0 spiro atoms. The predicted octanol–water partition coefficient (Wildman–Crippen LogP) is 0.318. The van der Waals surface area contributed by atoms with Crippen molar-refractivity contribution in [3.05, 3.63) is 50.2 Å². The quantitative estimate of drug-likeness (QED) is 0.386. The number of nitrogens with one attached hydrogen (secondary N) is 1. The number of H-pyrrole nitrogens is 1. The molecule has 1 N–H and O–H groups in total. The van der Waals surface area contributed by atoms with Crippen LogP contribution in [0.15, 0.2) is 33.4 Å². The van der Waals surface area contributed by atoms with Crippen LogP contribution in [0.1, 0.15) is 32.1 Å². The molecule has 2 atom stereocenters. The summed E-state index contributed by atoms with van der Waals surface area (Å²) in [7, 11) is 1.14. The smallest absolute Gasteiger partial charge is 0.331 e. The number of hydrogen-bond acceptors (Lipinski definition) is 9. The molecule has 0 saturated carbocycles. The summed E-state index contributed by atoms with van der Waals surface area (Å²) in [5.74, 6) is -2.50. The van der Waals surface area contributed by atoms with Crippen LogP contribution in [0.3, 0.4) is 0 Å². The summed E-state index contributed by atoms with van der Waals surface area (Å²) in [4.78, 5) is 59.7. The van der Waals surface area contributed by atoms with E-state index in [4.69, 9.17) is 14.2 Å². The molecule has 162 valence electrons. The first-order valence-corrected chi connectivity index (χ1v) is 8.58. The fourth-order valence-electron chi connectivity index (χ4n) is 2.50. The molecule has 0 radical (unpaired) electrons. The number of methoxy groups -OCH3 is 1. The molecule has 0 aliphatic carbocycles. The summed E-state index contributed by atoms with van der Waals surface area (Å²) >= 11 is 0. The fourth-order valence-corrected chi connectivity index (χ4v) is 2.50. The molecule has 2 rings (SSSR count). The zero-order chi connectivity index (χ0) is 22.4. The van der Waals surface area contributed by atoms with Crippen LogP contribution in [-0.4, -0.2) is 47.3 Å². The van der Waals surface area contributed by atoms with Gasteiger partial charge in [0.25, 0.3) is 5.56 Å². The zero-order valence-electron chi connectivity index (χ0n) is 16.3. The summed E-state index contributed by atoms with van der Waals surface area (Å²) in [5, 5.41) is 0. The molecule has 1 unspecified atom stereocenters. The van der Waals surface area contributed by atoms with E-state index in [0.717, 1.165) is 43.9 Å². The zero-order valence-corrected chi connectivity index (χ0v) is 16.3. The topological polar surface area (TPSA) is 143 Å². The SMILES string of the molecule is COC(=O)/C=C/c1cn([C@@H]2OC(COC(C)=O)=C(OC(C)=O)CC2F)c(=O)[nH]c1=O. The second-order valence-electron chi connectivity index (χ2n) is 6.06. The molecule has 2 heterocycles. The number of nitrogens with zero attached hydrogens (tertiary/aromatic N) is 1. The Bertz CT molecular complexity index is 1020. The van der Waals surface area contributed by atoms with Gasteiger partial charge in [-0.2, -0.15) is 0 Å². The molecule has 1 aliphatic heterocycles. The lowest BCUT2D eigenvalue weighted by molar-refractivity contribution is -0.144. The number of hydrogen-bond donors (Lipinski definition) is 1. The van der Waals surface area contributed by atoms with Crippen molar-refractivity contribution in [2.45, 2.75) is 32.7 Å². The normalized spacial score (nSPS) is 18.7. The molecule has 12 heteroatoms. The van der Waals surface area contributed by atoms with Gasteiger partial charge < -0.3 is 18.9 Å². The van der Waals surface area contributed by atoms with Crippen LogP contribution in [0.4, 0.5) is 4.39 Å². The maximum absolute atomic E-state index is 14.8. The van der Waals surface area contributed by atoms with Crippen LogP contribution in [-0.2, 0) is 33.3 Å². The second-order valence-corrected chi connectivity index (χ2v) is 6.06. The number of ether oxygens (including phenoxy) is 4. The van der Waals surface area contributed by atoms with E-state index in [9.17, 15) is 28.4 Å². The van der Waals surface area contributed by atoms with E-state index in [2.05, 4.69) is 4.74 Å². The van der Waals surface area contributed by atoms with Gasteiger partial charge in [-0.25, -0.2) is 14.0 Å². The minimum Gasteiger partial charge on any atom is -0.466 e. The van der Waals surface area contributed by atoms with Gasteiger partial charge >= 0.3 is 23.6 Å². The highest BCUT2D eigenvalue weighted by atomic mass is 19.1. The van der Waals surface area contributed by atoms with Crippen LogP contribution < -0.4 is 11.2 Å². The van der Waals surface area contributed by atoms with Gasteiger partial charge in [0.1, 0.15) is 0 Å². The van der Waals surface area contributed by atoms with Gasteiger partial charge in [0.05, 0.1) is 12.7 Å². The van der Waals surface area contributed by atoms with Crippen molar-refractivity contribution in [2.75, 3.05) is 13.7 Å². The molecule has 0 fully saturated rings. The Kier molecular flexibility index (Phi) is 7.28. The second kappa shape index (κ2) is 9.67. The van der Waals surface area contributed by atoms with Gasteiger partial charge in [0, 0.05) is 32.5 Å². The van der Waals surface area contributed by atoms with Crippen molar-refractivity contribution in [1.82, 2.24) is 9.55 Å². The molecule has 0 saturated heterocycles. The van der Waals surface area contributed by atoms with Crippen molar-refractivity contribution in [3.8, 4) is 0 Å². The van der Waals surface area contributed by atoms with Gasteiger partial charge in [0.15, 0.2) is 24.3 Å². The minimum absolute atomic E-state index is 0.146. The molecule has 1 aliphatic rings. The highest BCUT2D eigenvalue weighted by Crippen LogP contribution is 2.33. The first kappa shape index (κ1) is 22.6. The van der Waals surface area contributed by atoms with E-state index in [1.807, 2.05) is 4.98 Å². The number of esters is 3. The molecular formula is C18H19FN2O9. The van der Waals surface area contributed by atoms with Crippen molar-refractivity contribution in [2.24, 2.45) is 0 Å². The third kappa shape index (κ3) is 5.65. The first-order valence-electron chi connectivity index (χ1n) is 8.58. The molecule has 11 nitrogen and oxygen atoms in total.